The maximum absolute atomic E-state index is 5.89. The van der Waals surface area contributed by atoms with Crippen molar-refractivity contribution in [3.05, 3.63) is 18.5 Å². The van der Waals surface area contributed by atoms with Crippen molar-refractivity contribution in [3.63, 3.8) is 0 Å². The highest BCUT2D eigenvalue weighted by Crippen LogP contribution is 2.21. The third-order valence-electron chi connectivity index (χ3n) is 3.40. The van der Waals surface area contributed by atoms with Crippen molar-refractivity contribution in [1.29, 1.82) is 0 Å². The van der Waals surface area contributed by atoms with Crippen molar-refractivity contribution in [3.8, 4) is 0 Å². The summed E-state index contributed by atoms with van der Waals surface area (Å²) in [5.41, 5.74) is 0. The number of rotatable bonds is 6. The molecule has 1 aromatic heterocycles. The van der Waals surface area contributed by atoms with Gasteiger partial charge in [0, 0.05) is 18.4 Å². The molecular weight excluding hydrogens is 214 g/mol. The molecule has 0 atom stereocenters. The molecule has 1 saturated carbocycles. The Balaban J connectivity index is 1.58. The van der Waals surface area contributed by atoms with Gasteiger partial charge in [0.1, 0.15) is 0 Å². The topological polar surface area (TPSA) is 39.1 Å². The molecule has 96 valence electrons. The maximum atomic E-state index is 5.89. The number of nitrogens with one attached hydrogen (secondary N) is 1. The van der Waals surface area contributed by atoms with Gasteiger partial charge in [0.2, 0.25) is 0 Å². The molecule has 0 bridgehead atoms. The van der Waals surface area contributed by atoms with Crippen LogP contribution in [0.2, 0.25) is 0 Å². The van der Waals surface area contributed by atoms with Crippen molar-refractivity contribution in [1.82, 2.24) is 15.1 Å². The third kappa shape index (κ3) is 4.13. The Kier molecular flexibility index (Phi) is 5.01. The van der Waals surface area contributed by atoms with Gasteiger partial charge in [-0.15, -0.1) is 0 Å². The van der Waals surface area contributed by atoms with Gasteiger partial charge in [-0.3, -0.25) is 4.68 Å². The first-order valence-electron chi connectivity index (χ1n) is 6.71. The molecule has 4 nitrogen and oxygen atoms in total. The molecule has 1 aromatic rings. The van der Waals surface area contributed by atoms with Gasteiger partial charge in [-0.2, -0.15) is 5.10 Å². The van der Waals surface area contributed by atoms with Gasteiger partial charge in [0.25, 0.3) is 0 Å². The van der Waals surface area contributed by atoms with E-state index in [1.54, 1.807) is 0 Å². The van der Waals surface area contributed by atoms with Crippen LogP contribution in [0.1, 0.15) is 32.6 Å². The minimum absolute atomic E-state index is 0.459. The Morgan fingerprint density at radius 2 is 2.18 bits per heavy atom. The number of ether oxygens (including phenoxy) is 1. The molecule has 1 fully saturated rings. The summed E-state index contributed by atoms with van der Waals surface area (Å²) in [4.78, 5) is 0. The van der Waals surface area contributed by atoms with Crippen LogP contribution in [0.5, 0.6) is 0 Å². The molecule has 17 heavy (non-hydrogen) atoms. The highest BCUT2D eigenvalue weighted by Gasteiger charge is 2.20. The van der Waals surface area contributed by atoms with Crippen LogP contribution in [-0.4, -0.2) is 35.1 Å². The molecule has 0 radical (unpaired) electrons. The number of hydrogen-bond acceptors (Lipinski definition) is 3. The fourth-order valence-corrected chi connectivity index (χ4v) is 2.47. The van der Waals surface area contributed by atoms with Crippen molar-refractivity contribution in [2.45, 2.75) is 51.3 Å². The van der Waals surface area contributed by atoms with Crippen LogP contribution in [-0.2, 0) is 11.3 Å². The molecule has 0 amide bonds. The van der Waals surface area contributed by atoms with Crippen molar-refractivity contribution in [2.24, 2.45) is 0 Å². The highest BCUT2D eigenvalue weighted by atomic mass is 16.5. The summed E-state index contributed by atoms with van der Waals surface area (Å²) in [5, 5.41) is 7.68. The fourth-order valence-electron chi connectivity index (χ4n) is 2.47. The lowest BCUT2D eigenvalue weighted by Gasteiger charge is -2.28. The van der Waals surface area contributed by atoms with E-state index in [0.717, 1.165) is 19.7 Å². The summed E-state index contributed by atoms with van der Waals surface area (Å²) in [6, 6.07) is 2.66. The summed E-state index contributed by atoms with van der Waals surface area (Å²) < 4.78 is 7.82. The van der Waals surface area contributed by atoms with Crippen molar-refractivity contribution >= 4 is 0 Å². The fraction of sp³-hybridized carbons (Fsp3) is 0.769. The Hall–Kier alpha value is -0.870. The normalized spacial score (nSPS) is 25.0. The molecule has 0 aliphatic heterocycles. The predicted molar refractivity (Wildman–Crippen MR) is 67.9 cm³/mol. The van der Waals surface area contributed by atoms with E-state index in [9.17, 15) is 0 Å². The van der Waals surface area contributed by atoms with Gasteiger partial charge in [-0.05, 0) is 38.3 Å². The van der Waals surface area contributed by atoms with Crippen molar-refractivity contribution in [2.75, 3.05) is 13.2 Å². The van der Waals surface area contributed by atoms with Gasteiger partial charge < -0.3 is 10.1 Å². The average molecular weight is 237 g/mol. The van der Waals surface area contributed by atoms with E-state index in [4.69, 9.17) is 4.74 Å². The molecule has 0 spiro atoms. The summed E-state index contributed by atoms with van der Waals surface area (Å²) in [6.07, 6.45) is 9.13. The molecule has 1 N–H and O–H groups in total. The van der Waals surface area contributed by atoms with Crippen molar-refractivity contribution < 1.29 is 4.74 Å². The highest BCUT2D eigenvalue weighted by molar-refractivity contribution is 4.78. The molecule has 1 aliphatic rings. The quantitative estimate of drug-likeness (QED) is 0.820. The summed E-state index contributed by atoms with van der Waals surface area (Å²) in [7, 11) is 0. The average Bonchev–Trinajstić information content (AvgIpc) is 2.85. The van der Waals surface area contributed by atoms with E-state index in [1.165, 1.54) is 25.7 Å². The van der Waals surface area contributed by atoms with E-state index in [0.29, 0.717) is 12.1 Å². The lowest BCUT2D eigenvalue weighted by molar-refractivity contribution is 0.0174. The SMILES string of the molecule is CCNC1CCC(OCCn2cccn2)CC1. The first kappa shape index (κ1) is 12.6. The third-order valence-corrected chi connectivity index (χ3v) is 3.40. The smallest absolute Gasteiger partial charge is 0.0666 e. The van der Waals surface area contributed by atoms with E-state index >= 15 is 0 Å². The van der Waals surface area contributed by atoms with Gasteiger partial charge in [0.05, 0.1) is 19.3 Å². The Morgan fingerprint density at radius 1 is 1.35 bits per heavy atom. The maximum Gasteiger partial charge on any atom is 0.0666 e. The molecule has 0 saturated heterocycles. The monoisotopic (exact) mass is 237 g/mol. The van der Waals surface area contributed by atoms with Gasteiger partial charge in [-0.25, -0.2) is 0 Å². The van der Waals surface area contributed by atoms with E-state index < -0.39 is 0 Å². The molecule has 0 aromatic carbocycles. The van der Waals surface area contributed by atoms with Crippen LogP contribution >= 0.6 is 0 Å². The number of nitrogens with zero attached hydrogens (tertiary/aromatic N) is 2. The van der Waals surface area contributed by atoms with Crippen LogP contribution in [0, 0.1) is 0 Å². The summed E-state index contributed by atoms with van der Waals surface area (Å²) in [5.74, 6) is 0. The van der Waals surface area contributed by atoms with E-state index in [-0.39, 0.29) is 0 Å². The van der Waals surface area contributed by atoms with Gasteiger partial charge in [0.15, 0.2) is 0 Å². The first-order valence-corrected chi connectivity index (χ1v) is 6.71. The lowest BCUT2D eigenvalue weighted by atomic mass is 9.93. The second kappa shape index (κ2) is 6.77. The van der Waals surface area contributed by atoms with Gasteiger partial charge >= 0.3 is 0 Å². The summed E-state index contributed by atoms with van der Waals surface area (Å²) >= 11 is 0. The minimum Gasteiger partial charge on any atom is -0.376 e. The van der Waals surface area contributed by atoms with Crippen LogP contribution in [0.25, 0.3) is 0 Å². The standard InChI is InChI=1S/C13H23N3O/c1-2-14-12-4-6-13(7-5-12)17-11-10-16-9-3-8-15-16/h3,8-9,12-14H,2,4-7,10-11H2,1H3. The predicted octanol–water partition coefficient (Wildman–Crippen LogP) is 1.82. The van der Waals surface area contributed by atoms with Crippen LogP contribution in [0.3, 0.4) is 0 Å². The van der Waals surface area contributed by atoms with E-state index in [1.807, 2.05) is 23.1 Å². The molecular formula is C13H23N3O. The molecule has 4 heteroatoms. The Labute approximate surface area is 103 Å². The first-order chi connectivity index (χ1) is 8.38. The Bertz CT molecular complexity index is 292. The lowest BCUT2D eigenvalue weighted by Crippen LogP contribution is -2.35. The zero-order valence-corrected chi connectivity index (χ0v) is 10.6. The number of aromatic nitrogens is 2. The molecule has 0 unspecified atom stereocenters. The van der Waals surface area contributed by atoms with E-state index in [2.05, 4.69) is 17.3 Å². The van der Waals surface area contributed by atoms with Gasteiger partial charge in [-0.1, -0.05) is 6.92 Å². The zero-order valence-electron chi connectivity index (χ0n) is 10.6. The number of hydrogen-bond donors (Lipinski definition) is 1. The van der Waals surface area contributed by atoms with Crippen LogP contribution < -0.4 is 5.32 Å². The second-order valence-corrected chi connectivity index (χ2v) is 4.67. The largest absolute Gasteiger partial charge is 0.376 e. The zero-order chi connectivity index (χ0) is 11.9. The molecule has 1 aliphatic carbocycles. The second-order valence-electron chi connectivity index (χ2n) is 4.67. The van der Waals surface area contributed by atoms with Crippen LogP contribution in [0.4, 0.5) is 0 Å². The minimum atomic E-state index is 0.459. The summed E-state index contributed by atoms with van der Waals surface area (Å²) in [6.45, 7) is 4.89. The molecule has 2 rings (SSSR count). The van der Waals surface area contributed by atoms with Crippen LogP contribution in [0.15, 0.2) is 18.5 Å². The molecule has 1 heterocycles. The Morgan fingerprint density at radius 3 is 2.82 bits per heavy atom.